The Morgan fingerprint density at radius 2 is 1.52 bits per heavy atom. The average Bonchev–Trinajstić information content (AvgIpc) is 2.06. The summed E-state index contributed by atoms with van der Waals surface area (Å²) in [4.78, 5) is 131. The van der Waals surface area contributed by atoms with Crippen molar-refractivity contribution in [2.75, 3.05) is 62.1 Å². The fourth-order valence-electron chi connectivity index (χ4n) is 12.2. The van der Waals surface area contributed by atoms with Gasteiger partial charge in [0.2, 0.25) is 17.7 Å². The number of alkyl halides is 1. The third-order valence-corrected chi connectivity index (χ3v) is 17.9. The summed E-state index contributed by atoms with van der Waals surface area (Å²) < 4.78 is 34.6. The van der Waals surface area contributed by atoms with Crippen molar-refractivity contribution in [3.05, 3.63) is 101 Å². The van der Waals surface area contributed by atoms with Crippen LogP contribution in [0.2, 0.25) is 0 Å². The highest BCUT2D eigenvalue weighted by Crippen LogP contribution is 2.50. The van der Waals surface area contributed by atoms with Gasteiger partial charge in [-0.1, -0.05) is 55.0 Å². The van der Waals surface area contributed by atoms with Gasteiger partial charge in [0, 0.05) is 86.9 Å². The van der Waals surface area contributed by atoms with Gasteiger partial charge in [0.15, 0.2) is 29.2 Å². The molecule has 4 atom stereocenters. The molecule has 4 aromatic carbocycles. The maximum Gasteiger partial charge on any atom is 0.524 e. The molecule has 4 aliphatic heterocycles. The summed E-state index contributed by atoms with van der Waals surface area (Å²) in [5, 5.41) is 30.8. The number of imide groups is 1. The first-order valence-electron chi connectivity index (χ1n) is 29.9. The highest BCUT2D eigenvalue weighted by Gasteiger charge is 2.56. The number of carbonyl (C=O) groups is 8. The summed E-state index contributed by atoms with van der Waals surface area (Å²) in [6, 6.07) is 16.9. The minimum absolute atomic E-state index is 0.0503. The molecule has 0 spiro atoms. The maximum absolute atomic E-state index is 14.3. The lowest BCUT2D eigenvalue weighted by Crippen LogP contribution is -2.60. The van der Waals surface area contributed by atoms with E-state index in [1.807, 2.05) is 0 Å². The van der Waals surface area contributed by atoms with E-state index in [-0.39, 0.29) is 116 Å². The van der Waals surface area contributed by atoms with Crippen LogP contribution in [-0.4, -0.2) is 147 Å². The lowest BCUT2D eigenvalue weighted by Gasteiger charge is -2.39. The second-order valence-corrected chi connectivity index (χ2v) is 24.4. The van der Waals surface area contributed by atoms with Gasteiger partial charge >= 0.3 is 13.9 Å². The molecule has 8 N–H and O–H groups in total. The SMILES string of the molecule is COc1cc2c(cc1OCCCCCC(=O)N1C[C@@H](CCl)c3c1cc(OP(=O)(O)O)c1ccccc31)N(C(=O)OCc1ccc(CC(=O)[C@H](CCCCN)NC(=O)C3(C(=O)NCCCCCN4C(=O)C=CC4=O)CCC3)cc1)C(O)[C@]1(O)CCCN1C2=O. The molecule has 7 amide bonds. The number of methoxy groups -OCH3 is 1. The minimum atomic E-state index is -4.94. The highest BCUT2D eigenvalue weighted by atomic mass is 35.5. The van der Waals surface area contributed by atoms with Gasteiger partial charge in [-0.2, -0.15) is 0 Å². The fourth-order valence-corrected chi connectivity index (χ4v) is 12.8. The molecule has 0 aromatic heterocycles. The Labute approximate surface area is 513 Å². The number of rotatable bonds is 29. The van der Waals surface area contributed by atoms with Crippen molar-refractivity contribution >= 4 is 88.9 Å². The van der Waals surface area contributed by atoms with Gasteiger partial charge in [0.1, 0.15) is 17.8 Å². The molecule has 1 unspecified atom stereocenters. The van der Waals surface area contributed by atoms with Crippen LogP contribution in [0, 0.1) is 5.41 Å². The summed E-state index contributed by atoms with van der Waals surface area (Å²) >= 11 is 6.40. The standard InChI is InChI=1S/C62H75ClN7O17P/c1-84-50-33-44-46(34-51(50)85-31-11-2-4-17-52(72)68-37-41(36-63)55-43-15-6-5-14-42(43)49(35-47(55)68)87-88(81,82)83)70(59(78)62(80)26-13-30-69(62)56(44)75)60(79)86-38-40-20-18-39(19-21-40)32-48(71)45(16-7-8-27-64)66-58(77)61(24-12-25-61)57(76)65-28-9-3-10-29-67-53(73)22-23-54(67)74/h5-6,14-15,18-23,33-35,41,45,59,78,80H,2-4,7-13,16-17,24-32,36-38,64H2,1H3,(H,65,76)(H,66,77)(H2,81,82,83)/t41-,45+,59?,62-/m1/s1. The van der Waals surface area contributed by atoms with Gasteiger partial charge in [-0.05, 0) is 112 Å². The predicted molar refractivity (Wildman–Crippen MR) is 322 cm³/mol. The van der Waals surface area contributed by atoms with Crippen LogP contribution < -0.4 is 40.2 Å². The number of ether oxygens (including phenoxy) is 3. The quantitative estimate of drug-likeness (QED) is 0.0106. The Hall–Kier alpha value is -7.44. The van der Waals surface area contributed by atoms with Gasteiger partial charge in [-0.15, -0.1) is 11.6 Å². The number of hydrogen-bond donors (Lipinski definition) is 7. The summed E-state index contributed by atoms with van der Waals surface area (Å²) in [7, 11) is -3.57. The Kier molecular flexibility index (Phi) is 21.0. The van der Waals surface area contributed by atoms with E-state index >= 15 is 0 Å². The molecule has 4 heterocycles. The normalized spacial score (nSPS) is 19.6. The summed E-state index contributed by atoms with van der Waals surface area (Å²) in [6.07, 6.45) is 5.69. The molecule has 472 valence electrons. The molecule has 0 radical (unpaired) electrons. The molecule has 24 nitrogen and oxygen atoms in total. The van der Waals surface area contributed by atoms with Crippen molar-refractivity contribution in [1.82, 2.24) is 20.4 Å². The van der Waals surface area contributed by atoms with Crippen LogP contribution >= 0.6 is 19.4 Å². The lowest BCUT2D eigenvalue weighted by atomic mass is 9.67. The number of halogens is 1. The Bertz CT molecular complexity index is 3370. The van der Waals surface area contributed by atoms with E-state index in [4.69, 9.17) is 36.1 Å². The first kappa shape index (κ1) is 65.0. The van der Waals surface area contributed by atoms with Crippen LogP contribution in [0.15, 0.2) is 78.9 Å². The van der Waals surface area contributed by atoms with E-state index < -0.39 is 55.0 Å². The lowest BCUT2D eigenvalue weighted by molar-refractivity contribution is -0.151. The third kappa shape index (κ3) is 14.2. The van der Waals surface area contributed by atoms with Crippen LogP contribution in [0.4, 0.5) is 16.2 Å². The molecule has 88 heavy (non-hydrogen) atoms. The molecule has 9 rings (SSSR count). The number of aliphatic hydroxyl groups excluding tert-OH is 1. The zero-order valence-electron chi connectivity index (χ0n) is 49.0. The number of Topliss-reactive ketones (excluding diaryl/α,β-unsaturated/α-hetero) is 1. The van der Waals surface area contributed by atoms with Crippen LogP contribution in [0.1, 0.15) is 129 Å². The number of nitrogens with two attached hydrogens (primary N) is 1. The number of carbonyl (C=O) groups excluding carboxylic acids is 8. The van der Waals surface area contributed by atoms with E-state index in [1.54, 1.807) is 53.4 Å². The predicted octanol–water partition coefficient (Wildman–Crippen LogP) is 6.14. The average molecular weight is 1260 g/mol. The number of phosphoric acid groups is 1. The van der Waals surface area contributed by atoms with Gasteiger partial charge < -0.3 is 55.1 Å². The van der Waals surface area contributed by atoms with Gasteiger partial charge in [0.25, 0.3) is 17.7 Å². The number of benzene rings is 4. The van der Waals surface area contributed by atoms with E-state index in [2.05, 4.69) is 10.6 Å². The molecule has 0 bridgehead atoms. The first-order valence-corrected chi connectivity index (χ1v) is 31.9. The molecule has 4 aromatic rings. The zero-order chi connectivity index (χ0) is 62.9. The van der Waals surface area contributed by atoms with Crippen LogP contribution in [-0.2, 0) is 51.1 Å². The number of nitrogens with one attached hydrogen (secondary N) is 2. The van der Waals surface area contributed by atoms with Crippen molar-refractivity contribution in [1.29, 1.82) is 0 Å². The van der Waals surface area contributed by atoms with Crippen LogP contribution in [0.25, 0.3) is 10.8 Å². The molecule has 2 fully saturated rings. The van der Waals surface area contributed by atoms with Gasteiger partial charge in [-0.25, -0.2) is 14.3 Å². The Morgan fingerprint density at radius 1 is 0.818 bits per heavy atom. The molecule has 5 aliphatic rings. The first-order chi connectivity index (χ1) is 42.2. The second kappa shape index (κ2) is 28.4. The topological polar surface area (TPSA) is 335 Å². The summed E-state index contributed by atoms with van der Waals surface area (Å²) in [6.45, 7) is 1.09. The van der Waals surface area contributed by atoms with E-state index in [1.165, 1.54) is 42.4 Å². The molecular weight excluding hydrogens is 1180 g/mol. The number of aliphatic hydroxyl groups is 2. The zero-order valence-corrected chi connectivity index (χ0v) is 50.6. The number of anilines is 2. The van der Waals surface area contributed by atoms with Crippen LogP contribution in [0.3, 0.4) is 0 Å². The monoisotopic (exact) mass is 1260 g/mol. The smallest absolute Gasteiger partial charge is 0.493 e. The molecule has 1 aliphatic carbocycles. The number of amides is 7. The number of phosphoric ester groups is 1. The fraction of sp³-hybridized carbons (Fsp3) is 0.484. The second-order valence-electron chi connectivity index (χ2n) is 22.9. The van der Waals surface area contributed by atoms with Gasteiger partial charge in [0.05, 0.1) is 36.7 Å². The largest absolute Gasteiger partial charge is 0.524 e. The van der Waals surface area contributed by atoms with E-state index in [0.717, 1.165) is 15.4 Å². The van der Waals surface area contributed by atoms with E-state index in [0.29, 0.717) is 124 Å². The number of unbranched alkanes of at least 4 members (excludes halogenated alkanes) is 5. The number of ketones is 1. The summed E-state index contributed by atoms with van der Waals surface area (Å²) in [5.74, 6) is -2.65. The molecule has 26 heteroatoms. The number of nitrogens with zero attached hydrogens (tertiary/aromatic N) is 4. The van der Waals surface area contributed by atoms with Crippen molar-refractivity contribution in [2.45, 2.75) is 133 Å². The number of fused-ring (bicyclic) bond motifs is 5. The van der Waals surface area contributed by atoms with Crippen molar-refractivity contribution in [3.8, 4) is 17.2 Å². The number of hydrogen-bond acceptors (Lipinski definition) is 16. The molecule has 1 saturated heterocycles. The van der Waals surface area contributed by atoms with E-state index in [9.17, 15) is 62.9 Å². The van der Waals surface area contributed by atoms with Crippen molar-refractivity contribution in [2.24, 2.45) is 11.1 Å². The maximum atomic E-state index is 14.3. The molecule has 1 saturated carbocycles. The minimum Gasteiger partial charge on any atom is -0.493 e. The summed E-state index contributed by atoms with van der Waals surface area (Å²) in [5.41, 5.74) is 4.43. The highest BCUT2D eigenvalue weighted by molar-refractivity contribution is 7.46. The Morgan fingerprint density at radius 3 is 2.20 bits per heavy atom. The molecular formula is C62H75ClN7O17P. The third-order valence-electron chi connectivity index (χ3n) is 17.1. The van der Waals surface area contributed by atoms with Crippen molar-refractivity contribution < 1.29 is 81.7 Å². The van der Waals surface area contributed by atoms with Gasteiger partial charge in [-0.3, -0.25) is 48.2 Å². The van der Waals surface area contributed by atoms with Crippen molar-refractivity contribution in [3.63, 3.8) is 0 Å². The Balaban J connectivity index is 0.803. The van der Waals surface area contributed by atoms with Crippen LogP contribution in [0.5, 0.6) is 17.2 Å².